The molecule has 7 heteroatoms. The highest BCUT2D eigenvalue weighted by atomic mass is 19.1. The van der Waals surface area contributed by atoms with Crippen LogP contribution in [0.2, 0.25) is 0 Å². The summed E-state index contributed by atoms with van der Waals surface area (Å²) < 4.78 is 27.2. The lowest BCUT2D eigenvalue weighted by Gasteiger charge is -2.09. The predicted molar refractivity (Wildman–Crippen MR) is 59.0 cm³/mol. The smallest absolute Gasteiger partial charge is 0.336 e. The lowest BCUT2D eigenvalue weighted by atomic mass is 10.2. The Morgan fingerprint density at radius 3 is 2.56 bits per heavy atom. The Morgan fingerprint density at radius 1 is 1.28 bits per heavy atom. The van der Waals surface area contributed by atoms with Gasteiger partial charge in [0, 0.05) is 0 Å². The van der Waals surface area contributed by atoms with Crippen LogP contribution in [0.3, 0.4) is 0 Å². The molecule has 0 amide bonds. The summed E-state index contributed by atoms with van der Waals surface area (Å²) in [6.45, 7) is 1.63. The van der Waals surface area contributed by atoms with Crippen LogP contribution < -0.4 is 11.2 Å². The fourth-order valence-corrected chi connectivity index (χ4v) is 1.52. The van der Waals surface area contributed by atoms with Crippen LogP contribution in [-0.4, -0.2) is 14.7 Å². The summed E-state index contributed by atoms with van der Waals surface area (Å²) in [7, 11) is 0. The van der Waals surface area contributed by atoms with E-state index in [1.165, 1.54) is 12.1 Å². The number of nitrogens with one attached hydrogen (secondary N) is 1. The summed E-state index contributed by atoms with van der Waals surface area (Å²) in [5, 5.41) is 9.41. The molecule has 0 atom stereocenters. The topological polar surface area (TPSA) is 75.1 Å². The average molecular weight is 254 g/mol. The molecule has 0 aliphatic rings. The number of aromatic hydroxyl groups is 1. The van der Waals surface area contributed by atoms with E-state index in [4.69, 9.17) is 0 Å². The van der Waals surface area contributed by atoms with E-state index in [-0.39, 0.29) is 5.69 Å². The fourth-order valence-electron chi connectivity index (χ4n) is 1.52. The van der Waals surface area contributed by atoms with Crippen molar-refractivity contribution in [2.24, 2.45) is 0 Å². The molecule has 0 unspecified atom stereocenters. The third-order valence-corrected chi connectivity index (χ3v) is 2.38. The molecular formula is C11H8F2N2O3. The monoisotopic (exact) mass is 254 g/mol. The second-order valence-corrected chi connectivity index (χ2v) is 3.69. The Kier molecular flexibility index (Phi) is 2.74. The van der Waals surface area contributed by atoms with Crippen molar-refractivity contribution in [3.8, 4) is 11.6 Å². The minimum Gasteiger partial charge on any atom is -0.492 e. The molecule has 1 aromatic carbocycles. The quantitative estimate of drug-likeness (QED) is 0.791. The second kappa shape index (κ2) is 4.10. The van der Waals surface area contributed by atoms with Gasteiger partial charge in [-0.3, -0.25) is 9.78 Å². The maximum atomic E-state index is 13.6. The maximum Gasteiger partial charge on any atom is 0.336 e. The van der Waals surface area contributed by atoms with Crippen molar-refractivity contribution in [1.82, 2.24) is 9.55 Å². The normalized spacial score (nSPS) is 10.6. The van der Waals surface area contributed by atoms with Gasteiger partial charge in [-0.05, 0) is 24.6 Å². The van der Waals surface area contributed by atoms with Gasteiger partial charge >= 0.3 is 5.69 Å². The molecule has 0 radical (unpaired) electrons. The van der Waals surface area contributed by atoms with Gasteiger partial charge in [-0.2, -0.15) is 4.39 Å². The highest BCUT2D eigenvalue weighted by molar-refractivity contribution is 5.39. The van der Waals surface area contributed by atoms with Crippen molar-refractivity contribution in [1.29, 1.82) is 0 Å². The zero-order valence-electron chi connectivity index (χ0n) is 9.20. The third-order valence-electron chi connectivity index (χ3n) is 2.38. The number of H-pyrrole nitrogens is 1. The van der Waals surface area contributed by atoms with Gasteiger partial charge in [0.1, 0.15) is 5.82 Å². The SMILES string of the molecule is Cc1ccc(-n2c(O)c(F)c(=O)[nH]c2=O)c(F)c1. The van der Waals surface area contributed by atoms with Crippen molar-refractivity contribution in [3.05, 3.63) is 56.2 Å². The molecule has 0 saturated carbocycles. The minimum absolute atomic E-state index is 0.349. The van der Waals surface area contributed by atoms with Crippen LogP contribution >= 0.6 is 0 Å². The Hall–Kier alpha value is -2.44. The van der Waals surface area contributed by atoms with Crippen molar-refractivity contribution >= 4 is 0 Å². The highest BCUT2D eigenvalue weighted by Gasteiger charge is 2.17. The number of hydrogen-bond acceptors (Lipinski definition) is 3. The largest absolute Gasteiger partial charge is 0.492 e. The van der Waals surface area contributed by atoms with E-state index in [0.717, 1.165) is 6.07 Å². The van der Waals surface area contributed by atoms with Gasteiger partial charge in [0.25, 0.3) is 5.56 Å². The first-order valence-corrected chi connectivity index (χ1v) is 4.92. The maximum absolute atomic E-state index is 13.6. The molecule has 0 bridgehead atoms. The summed E-state index contributed by atoms with van der Waals surface area (Å²) in [5.74, 6) is -3.60. The number of aromatic nitrogens is 2. The summed E-state index contributed by atoms with van der Waals surface area (Å²) in [6.07, 6.45) is 0. The molecule has 0 aliphatic carbocycles. The van der Waals surface area contributed by atoms with E-state index < -0.39 is 28.8 Å². The lowest BCUT2D eigenvalue weighted by Crippen LogP contribution is -2.31. The molecule has 5 nitrogen and oxygen atoms in total. The van der Waals surface area contributed by atoms with Crippen molar-refractivity contribution in [2.45, 2.75) is 6.92 Å². The van der Waals surface area contributed by atoms with E-state index in [9.17, 15) is 23.5 Å². The zero-order valence-corrected chi connectivity index (χ0v) is 9.20. The van der Waals surface area contributed by atoms with Crippen LogP contribution in [0.5, 0.6) is 5.88 Å². The molecule has 0 aliphatic heterocycles. The molecule has 18 heavy (non-hydrogen) atoms. The Labute approximate surface area is 99.0 Å². The highest BCUT2D eigenvalue weighted by Crippen LogP contribution is 2.18. The molecule has 2 N–H and O–H groups in total. The first-order valence-electron chi connectivity index (χ1n) is 4.92. The Morgan fingerprint density at radius 2 is 1.94 bits per heavy atom. The number of aromatic amines is 1. The van der Waals surface area contributed by atoms with E-state index >= 15 is 0 Å². The van der Waals surface area contributed by atoms with E-state index in [0.29, 0.717) is 10.1 Å². The van der Waals surface area contributed by atoms with E-state index in [1.807, 2.05) is 0 Å². The molecule has 2 rings (SSSR count). The molecule has 94 valence electrons. The van der Waals surface area contributed by atoms with Gasteiger partial charge in [-0.15, -0.1) is 0 Å². The molecular weight excluding hydrogens is 246 g/mol. The van der Waals surface area contributed by atoms with Crippen LogP contribution in [-0.2, 0) is 0 Å². The molecule has 2 aromatic rings. The Balaban J connectivity index is 2.84. The average Bonchev–Trinajstić information content (AvgIpc) is 2.29. The van der Waals surface area contributed by atoms with Gasteiger partial charge in [-0.25, -0.2) is 13.8 Å². The summed E-state index contributed by atoms with van der Waals surface area (Å²) >= 11 is 0. The van der Waals surface area contributed by atoms with Crippen LogP contribution in [0.25, 0.3) is 5.69 Å². The first kappa shape index (κ1) is 12.0. The second-order valence-electron chi connectivity index (χ2n) is 3.69. The van der Waals surface area contributed by atoms with Gasteiger partial charge < -0.3 is 5.11 Å². The van der Waals surface area contributed by atoms with Gasteiger partial charge in [-0.1, -0.05) is 6.07 Å². The summed E-state index contributed by atoms with van der Waals surface area (Å²) in [6, 6.07) is 3.79. The number of aryl methyl sites for hydroxylation is 1. The summed E-state index contributed by atoms with van der Waals surface area (Å²) in [4.78, 5) is 24.0. The number of benzene rings is 1. The van der Waals surface area contributed by atoms with E-state index in [2.05, 4.69) is 0 Å². The molecule has 1 aromatic heterocycles. The molecule has 1 heterocycles. The lowest BCUT2D eigenvalue weighted by molar-refractivity contribution is 0.384. The number of halogens is 2. The van der Waals surface area contributed by atoms with Crippen molar-refractivity contribution in [3.63, 3.8) is 0 Å². The van der Waals surface area contributed by atoms with Gasteiger partial charge in [0.15, 0.2) is 0 Å². The van der Waals surface area contributed by atoms with Crippen LogP contribution in [0.1, 0.15) is 5.56 Å². The third kappa shape index (κ3) is 1.79. The van der Waals surface area contributed by atoms with Crippen LogP contribution in [0, 0.1) is 18.6 Å². The first-order chi connectivity index (χ1) is 8.41. The number of nitrogens with zero attached hydrogens (tertiary/aromatic N) is 1. The molecule has 0 saturated heterocycles. The minimum atomic E-state index is -1.55. The predicted octanol–water partition coefficient (Wildman–Crippen LogP) is 0.818. The molecule has 0 fully saturated rings. The van der Waals surface area contributed by atoms with Gasteiger partial charge in [0.05, 0.1) is 5.69 Å². The zero-order chi connectivity index (χ0) is 13.4. The van der Waals surface area contributed by atoms with Gasteiger partial charge in [0.2, 0.25) is 11.7 Å². The van der Waals surface area contributed by atoms with Crippen LogP contribution in [0.4, 0.5) is 8.78 Å². The summed E-state index contributed by atoms with van der Waals surface area (Å²) in [5.41, 5.74) is -2.24. The number of rotatable bonds is 1. The van der Waals surface area contributed by atoms with Crippen LogP contribution in [0.15, 0.2) is 27.8 Å². The van der Waals surface area contributed by atoms with Crippen molar-refractivity contribution in [2.75, 3.05) is 0 Å². The molecule has 0 spiro atoms. The van der Waals surface area contributed by atoms with Crippen molar-refractivity contribution < 1.29 is 13.9 Å². The van der Waals surface area contributed by atoms with E-state index in [1.54, 1.807) is 11.9 Å². The number of hydrogen-bond donors (Lipinski definition) is 2. The standard InChI is InChI=1S/C11H8F2N2O3/c1-5-2-3-7(6(12)4-5)15-10(17)8(13)9(16)14-11(15)18/h2-4,17H,1H3,(H,14,16,18). The Bertz CT molecular complexity index is 734. The fraction of sp³-hybridized carbons (Fsp3) is 0.0909.